The van der Waals surface area contributed by atoms with Crippen molar-refractivity contribution in [3.63, 3.8) is 0 Å². The van der Waals surface area contributed by atoms with E-state index < -0.39 is 5.25 Å². The summed E-state index contributed by atoms with van der Waals surface area (Å²) in [7, 11) is 3.11. The lowest BCUT2D eigenvalue weighted by Crippen LogP contribution is -2.20. The molecular weight excluding hydrogens is 500 g/mol. The molecule has 8 heteroatoms. The SMILES string of the molecule is COc1ccc(NC(=O)C(Sc2cccc(NC(=O)COc3ccccc3)c2)c2ccccc2)c(OC)c1. The Bertz CT molecular complexity index is 1370. The summed E-state index contributed by atoms with van der Waals surface area (Å²) in [6, 6.07) is 31.3. The topological polar surface area (TPSA) is 85.9 Å². The van der Waals surface area contributed by atoms with Crippen LogP contribution in [0, 0.1) is 0 Å². The summed E-state index contributed by atoms with van der Waals surface area (Å²) in [5.41, 5.74) is 1.99. The molecule has 4 aromatic carbocycles. The minimum atomic E-state index is -0.560. The number of hydrogen-bond acceptors (Lipinski definition) is 6. The summed E-state index contributed by atoms with van der Waals surface area (Å²) in [6.07, 6.45) is 0. The van der Waals surface area contributed by atoms with Gasteiger partial charge in [0.05, 0.1) is 19.9 Å². The molecule has 0 aromatic heterocycles. The fraction of sp³-hybridized carbons (Fsp3) is 0.133. The lowest BCUT2D eigenvalue weighted by atomic mass is 10.1. The molecule has 1 unspecified atom stereocenters. The van der Waals surface area contributed by atoms with Gasteiger partial charge in [-0.05, 0) is 48.0 Å². The minimum absolute atomic E-state index is 0.111. The average molecular weight is 529 g/mol. The molecule has 0 fully saturated rings. The molecule has 7 nitrogen and oxygen atoms in total. The van der Waals surface area contributed by atoms with Crippen LogP contribution < -0.4 is 24.8 Å². The first-order valence-corrected chi connectivity index (χ1v) is 12.8. The third kappa shape index (κ3) is 7.30. The number of methoxy groups -OCH3 is 2. The molecule has 0 saturated heterocycles. The van der Waals surface area contributed by atoms with E-state index in [0.717, 1.165) is 10.5 Å². The summed E-state index contributed by atoms with van der Waals surface area (Å²) in [5.74, 6) is 1.26. The summed E-state index contributed by atoms with van der Waals surface area (Å²) in [5, 5.41) is 5.28. The minimum Gasteiger partial charge on any atom is -0.497 e. The van der Waals surface area contributed by atoms with Crippen molar-refractivity contribution in [1.82, 2.24) is 0 Å². The molecule has 2 amide bonds. The van der Waals surface area contributed by atoms with Crippen LogP contribution in [0.5, 0.6) is 17.2 Å². The molecule has 1 atom stereocenters. The molecule has 0 aliphatic rings. The number of carbonyl (C=O) groups excluding carboxylic acids is 2. The van der Waals surface area contributed by atoms with Crippen LogP contribution in [0.2, 0.25) is 0 Å². The zero-order chi connectivity index (χ0) is 26.7. The van der Waals surface area contributed by atoms with Crippen molar-refractivity contribution < 1.29 is 23.8 Å². The van der Waals surface area contributed by atoms with Gasteiger partial charge in [0.1, 0.15) is 22.5 Å². The summed E-state index contributed by atoms with van der Waals surface area (Å²) in [6.45, 7) is -0.111. The molecule has 0 bridgehead atoms. The lowest BCUT2D eigenvalue weighted by molar-refractivity contribution is -0.118. The van der Waals surface area contributed by atoms with Gasteiger partial charge in [-0.3, -0.25) is 9.59 Å². The quantitative estimate of drug-likeness (QED) is 0.226. The Morgan fingerprint density at radius 1 is 0.763 bits per heavy atom. The molecule has 4 aromatic rings. The van der Waals surface area contributed by atoms with E-state index in [9.17, 15) is 9.59 Å². The van der Waals surface area contributed by atoms with Crippen molar-refractivity contribution in [3.05, 3.63) is 109 Å². The monoisotopic (exact) mass is 528 g/mol. The molecule has 0 aliphatic heterocycles. The molecule has 0 heterocycles. The molecule has 0 radical (unpaired) electrons. The maximum absolute atomic E-state index is 13.5. The number of carbonyl (C=O) groups is 2. The standard InChI is InChI=1S/C30H28N2O5S/c1-35-24-16-17-26(27(19-24)36-2)32-30(34)29(21-10-5-3-6-11-21)38-25-15-9-12-22(18-25)31-28(33)20-37-23-13-7-4-8-14-23/h3-19,29H,20H2,1-2H3,(H,31,33)(H,32,34). The second kappa shape index (κ2) is 13.2. The van der Waals surface area contributed by atoms with Crippen LogP contribution in [0.15, 0.2) is 108 Å². The van der Waals surface area contributed by atoms with Crippen LogP contribution in [0.1, 0.15) is 10.8 Å². The molecule has 38 heavy (non-hydrogen) atoms. The van der Waals surface area contributed by atoms with Gasteiger partial charge in [0.2, 0.25) is 5.91 Å². The number of benzene rings is 4. The third-order valence-corrected chi connectivity index (χ3v) is 6.74. The zero-order valence-electron chi connectivity index (χ0n) is 21.0. The normalized spacial score (nSPS) is 11.2. The number of para-hydroxylation sites is 1. The van der Waals surface area contributed by atoms with Crippen LogP contribution in [-0.2, 0) is 9.59 Å². The first-order chi connectivity index (χ1) is 18.6. The largest absolute Gasteiger partial charge is 0.497 e. The Balaban J connectivity index is 1.48. The van der Waals surface area contributed by atoms with Crippen molar-refractivity contribution in [1.29, 1.82) is 0 Å². The highest BCUT2D eigenvalue weighted by Gasteiger charge is 2.23. The van der Waals surface area contributed by atoms with E-state index >= 15 is 0 Å². The number of amides is 2. The lowest BCUT2D eigenvalue weighted by Gasteiger charge is -2.19. The van der Waals surface area contributed by atoms with Gasteiger partial charge in [-0.25, -0.2) is 0 Å². The van der Waals surface area contributed by atoms with Gasteiger partial charge in [-0.1, -0.05) is 54.6 Å². The predicted molar refractivity (Wildman–Crippen MR) is 150 cm³/mol. The molecule has 0 aliphatic carbocycles. The summed E-state index contributed by atoms with van der Waals surface area (Å²) < 4.78 is 16.2. The van der Waals surface area contributed by atoms with Crippen LogP contribution in [0.3, 0.4) is 0 Å². The second-order valence-corrected chi connectivity index (χ2v) is 9.32. The van der Waals surface area contributed by atoms with E-state index in [1.807, 2.05) is 66.7 Å². The number of nitrogens with one attached hydrogen (secondary N) is 2. The van der Waals surface area contributed by atoms with Gasteiger partial charge < -0.3 is 24.8 Å². The van der Waals surface area contributed by atoms with Crippen molar-refractivity contribution >= 4 is 35.0 Å². The molecule has 2 N–H and O–H groups in total. The maximum atomic E-state index is 13.5. The Morgan fingerprint density at radius 3 is 2.21 bits per heavy atom. The number of ether oxygens (including phenoxy) is 3. The van der Waals surface area contributed by atoms with E-state index in [1.54, 1.807) is 50.6 Å². The van der Waals surface area contributed by atoms with Crippen molar-refractivity contribution in [2.75, 3.05) is 31.5 Å². The Morgan fingerprint density at radius 2 is 1.50 bits per heavy atom. The summed E-state index contributed by atoms with van der Waals surface area (Å²) in [4.78, 5) is 26.8. The van der Waals surface area contributed by atoms with Gasteiger partial charge in [0.25, 0.3) is 5.91 Å². The third-order valence-electron chi connectivity index (χ3n) is 5.49. The van der Waals surface area contributed by atoms with E-state index in [-0.39, 0.29) is 18.4 Å². The van der Waals surface area contributed by atoms with Gasteiger partial charge in [-0.2, -0.15) is 0 Å². The van der Waals surface area contributed by atoms with E-state index in [4.69, 9.17) is 14.2 Å². The summed E-state index contributed by atoms with van der Waals surface area (Å²) >= 11 is 1.38. The smallest absolute Gasteiger partial charge is 0.262 e. The maximum Gasteiger partial charge on any atom is 0.262 e. The van der Waals surface area contributed by atoms with Gasteiger partial charge in [0, 0.05) is 16.6 Å². The van der Waals surface area contributed by atoms with E-state index in [2.05, 4.69) is 10.6 Å². The van der Waals surface area contributed by atoms with Crippen LogP contribution >= 0.6 is 11.8 Å². The molecule has 0 spiro atoms. The fourth-order valence-electron chi connectivity index (χ4n) is 3.65. The first-order valence-electron chi connectivity index (χ1n) is 11.9. The first kappa shape index (κ1) is 26.6. The van der Waals surface area contributed by atoms with Crippen LogP contribution in [-0.4, -0.2) is 32.6 Å². The average Bonchev–Trinajstić information content (AvgIpc) is 2.96. The van der Waals surface area contributed by atoms with Gasteiger partial charge in [0.15, 0.2) is 6.61 Å². The van der Waals surface area contributed by atoms with Crippen LogP contribution in [0.4, 0.5) is 11.4 Å². The number of anilines is 2. The molecular formula is C30H28N2O5S. The Kier molecular flexibility index (Phi) is 9.26. The number of rotatable bonds is 11. The highest BCUT2D eigenvalue weighted by atomic mass is 32.2. The van der Waals surface area contributed by atoms with Crippen molar-refractivity contribution in [3.8, 4) is 17.2 Å². The fourth-order valence-corrected chi connectivity index (χ4v) is 4.73. The van der Waals surface area contributed by atoms with Crippen LogP contribution in [0.25, 0.3) is 0 Å². The molecule has 4 rings (SSSR count). The highest BCUT2D eigenvalue weighted by Crippen LogP contribution is 2.38. The number of hydrogen-bond donors (Lipinski definition) is 2. The Hall–Kier alpha value is -4.43. The molecule has 194 valence electrons. The zero-order valence-corrected chi connectivity index (χ0v) is 21.9. The Labute approximate surface area is 226 Å². The predicted octanol–water partition coefficient (Wildman–Crippen LogP) is 6.19. The van der Waals surface area contributed by atoms with Crippen molar-refractivity contribution in [2.24, 2.45) is 0 Å². The highest BCUT2D eigenvalue weighted by molar-refractivity contribution is 8.00. The number of thioether (sulfide) groups is 1. The van der Waals surface area contributed by atoms with Crippen molar-refractivity contribution in [2.45, 2.75) is 10.1 Å². The molecule has 0 saturated carbocycles. The van der Waals surface area contributed by atoms with Gasteiger partial charge >= 0.3 is 0 Å². The van der Waals surface area contributed by atoms with E-state index in [0.29, 0.717) is 28.6 Å². The second-order valence-electron chi connectivity index (χ2n) is 8.14. The van der Waals surface area contributed by atoms with Gasteiger partial charge in [-0.15, -0.1) is 11.8 Å². The van der Waals surface area contributed by atoms with E-state index in [1.165, 1.54) is 11.8 Å².